The van der Waals surface area contributed by atoms with Crippen molar-refractivity contribution in [1.82, 2.24) is 25.5 Å². The van der Waals surface area contributed by atoms with Crippen molar-refractivity contribution in [2.45, 2.75) is 0 Å². The first-order chi connectivity index (χ1) is 14.0. The molecule has 0 atom stereocenters. The van der Waals surface area contributed by atoms with Gasteiger partial charge in [0.2, 0.25) is 11.9 Å². The Morgan fingerprint density at radius 3 is 2.41 bits per heavy atom. The fourth-order valence-electron chi connectivity index (χ4n) is 2.94. The van der Waals surface area contributed by atoms with Crippen molar-refractivity contribution in [1.29, 1.82) is 0 Å². The first-order valence-electron chi connectivity index (χ1n) is 9.27. The van der Waals surface area contributed by atoms with Gasteiger partial charge in [0, 0.05) is 57.2 Å². The van der Waals surface area contributed by atoms with Crippen LogP contribution in [-0.4, -0.2) is 72.5 Å². The molecule has 2 heterocycles. The second-order valence-corrected chi connectivity index (χ2v) is 7.35. The number of hydrogen-bond donors (Lipinski definition) is 2. The number of hydrogen-bond acceptors (Lipinski definition) is 6. The van der Waals surface area contributed by atoms with Gasteiger partial charge in [0.1, 0.15) is 0 Å². The molecule has 2 N–H and O–H groups in total. The maximum absolute atomic E-state index is 12.1. The molecule has 1 aliphatic heterocycles. The van der Waals surface area contributed by atoms with Gasteiger partial charge in [-0.05, 0) is 24.3 Å². The highest BCUT2D eigenvalue weighted by atomic mass is 35.5. The summed E-state index contributed by atoms with van der Waals surface area (Å²) in [7, 11) is 0. The van der Waals surface area contributed by atoms with Crippen molar-refractivity contribution in [3.63, 3.8) is 0 Å². The van der Waals surface area contributed by atoms with Gasteiger partial charge in [-0.3, -0.25) is 14.5 Å². The zero-order chi connectivity index (χ0) is 20.6. The van der Waals surface area contributed by atoms with E-state index in [-0.39, 0.29) is 18.4 Å². The SMILES string of the molecule is O=C(CNC(=O)c1ccc(Cl)c(Cl)c1)NCCN1CCN(c2ncccn2)CC1. The zero-order valence-electron chi connectivity index (χ0n) is 15.8. The van der Waals surface area contributed by atoms with Gasteiger partial charge >= 0.3 is 0 Å². The molecule has 2 aromatic rings. The summed E-state index contributed by atoms with van der Waals surface area (Å²) < 4.78 is 0. The van der Waals surface area contributed by atoms with Crippen molar-refractivity contribution in [3.05, 3.63) is 52.3 Å². The van der Waals surface area contributed by atoms with Gasteiger partial charge in [-0.2, -0.15) is 0 Å². The van der Waals surface area contributed by atoms with E-state index in [2.05, 4.69) is 30.4 Å². The van der Waals surface area contributed by atoms with Gasteiger partial charge in [0.15, 0.2) is 0 Å². The molecule has 0 unspecified atom stereocenters. The van der Waals surface area contributed by atoms with Gasteiger partial charge in [-0.1, -0.05) is 23.2 Å². The predicted molar refractivity (Wildman–Crippen MR) is 112 cm³/mol. The van der Waals surface area contributed by atoms with E-state index in [4.69, 9.17) is 23.2 Å². The number of nitrogens with one attached hydrogen (secondary N) is 2. The molecule has 0 radical (unpaired) electrons. The monoisotopic (exact) mass is 436 g/mol. The molecule has 154 valence electrons. The molecule has 1 aromatic carbocycles. The van der Waals surface area contributed by atoms with E-state index in [1.807, 2.05) is 0 Å². The Kier molecular flexibility index (Phi) is 7.62. The third-order valence-corrected chi connectivity index (χ3v) is 5.29. The molecule has 1 saturated heterocycles. The Labute approximate surface area is 179 Å². The maximum atomic E-state index is 12.1. The van der Waals surface area contributed by atoms with Crippen LogP contribution in [-0.2, 0) is 4.79 Å². The second-order valence-electron chi connectivity index (χ2n) is 6.54. The Hall–Kier alpha value is -2.42. The summed E-state index contributed by atoms with van der Waals surface area (Å²) in [5.74, 6) is 0.130. The fraction of sp³-hybridized carbons (Fsp3) is 0.368. The van der Waals surface area contributed by atoms with E-state index >= 15 is 0 Å². The average Bonchev–Trinajstić information content (AvgIpc) is 2.75. The van der Waals surface area contributed by atoms with E-state index in [1.165, 1.54) is 6.07 Å². The highest BCUT2D eigenvalue weighted by Crippen LogP contribution is 2.22. The number of aromatic nitrogens is 2. The summed E-state index contributed by atoms with van der Waals surface area (Å²) in [6.07, 6.45) is 3.48. The van der Waals surface area contributed by atoms with Gasteiger partial charge in [-0.15, -0.1) is 0 Å². The summed E-state index contributed by atoms with van der Waals surface area (Å²) >= 11 is 11.7. The van der Waals surface area contributed by atoms with Gasteiger partial charge in [-0.25, -0.2) is 9.97 Å². The minimum absolute atomic E-state index is 0.0990. The lowest BCUT2D eigenvalue weighted by atomic mass is 10.2. The van der Waals surface area contributed by atoms with E-state index < -0.39 is 0 Å². The fourth-order valence-corrected chi connectivity index (χ4v) is 3.24. The van der Waals surface area contributed by atoms with Gasteiger partial charge in [0.25, 0.3) is 5.91 Å². The molecule has 3 rings (SSSR count). The lowest BCUT2D eigenvalue weighted by Crippen LogP contribution is -2.49. The van der Waals surface area contributed by atoms with Crippen LogP contribution in [0.4, 0.5) is 5.95 Å². The minimum atomic E-state index is -0.377. The third-order valence-electron chi connectivity index (χ3n) is 4.55. The van der Waals surface area contributed by atoms with Crippen LogP contribution < -0.4 is 15.5 Å². The van der Waals surface area contributed by atoms with E-state index in [0.29, 0.717) is 22.2 Å². The van der Waals surface area contributed by atoms with Crippen molar-refractivity contribution >= 4 is 41.0 Å². The van der Waals surface area contributed by atoms with Crippen LogP contribution in [0.3, 0.4) is 0 Å². The van der Waals surface area contributed by atoms with E-state index in [1.54, 1.807) is 30.6 Å². The second kappa shape index (κ2) is 10.4. The van der Waals surface area contributed by atoms with Crippen LogP contribution in [0.5, 0.6) is 0 Å². The van der Waals surface area contributed by atoms with Crippen LogP contribution in [0.2, 0.25) is 10.0 Å². The Morgan fingerprint density at radius 2 is 1.72 bits per heavy atom. The van der Waals surface area contributed by atoms with Gasteiger partial charge in [0.05, 0.1) is 16.6 Å². The average molecular weight is 437 g/mol. The number of halogens is 2. The molecule has 0 aliphatic carbocycles. The first-order valence-corrected chi connectivity index (χ1v) is 10.0. The van der Waals surface area contributed by atoms with Crippen molar-refractivity contribution < 1.29 is 9.59 Å². The van der Waals surface area contributed by atoms with Crippen molar-refractivity contribution in [2.75, 3.05) is 50.7 Å². The van der Waals surface area contributed by atoms with Crippen LogP contribution >= 0.6 is 23.2 Å². The molecular formula is C19H22Cl2N6O2. The smallest absolute Gasteiger partial charge is 0.251 e. The van der Waals surface area contributed by atoms with Gasteiger partial charge < -0.3 is 15.5 Å². The maximum Gasteiger partial charge on any atom is 0.251 e. The Morgan fingerprint density at radius 1 is 1.00 bits per heavy atom. The van der Waals surface area contributed by atoms with E-state index in [9.17, 15) is 9.59 Å². The summed E-state index contributed by atoms with van der Waals surface area (Å²) in [5, 5.41) is 6.06. The lowest BCUT2D eigenvalue weighted by molar-refractivity contribution is -0.120. The van der Waals surface area contributed by atoms with Crippen LogP contribution in [0, 0.1) is 0 Å². The quantitative estimate of drug-likeness (QED) is 0.682. The molecule has 0 bridgehead atoms. The number of benzene rings is 1. The number of amides is 2. The molecule has 8 nitrogen and oxygen atoms in total. The molecule has 0 saturated carbocycles. The normalized spacial score (nSPS) is 14.5. The molecule has 2 amide bonds. The number of carbonyl (C=O) groups excluding carboxylic acids is 2. The van der Waals surface area contributed by atoms with Crippen LogP contribution in [0.1, 0.15) is 10.4 Å². The number of piperazine rings is 1. The number of anilines is 1. The first kappa shape index (κ1) is 21.3. The van der Waals surface area contributed by atoms with Crippen LogP contribution in [0.25, 0.3) is 0 Å². The Bertz CT molecular complexity index is 844. The minimum Gasteiger partial charge on any atom is -0.353 e. The predicted octanol–water partition coefficient (Wildman–Crippen LogP) is 1.45. The topological polar surface area (TPSA) is 90.5 Å². The molecular weight excluding hydrogens is 415 g/mol. The molecule has 10 heteroatoms. The number of nitrogens with zero attached hydrogens (tertiary/aromatic N) is 4. The molecule has 0 spiro atoms. The third kappa shape index (κ3) is 6.28. The van der Waals surface area contributed by atoms with E-state index in [0.717, 1.165) is 38.7 Å². The lowest BCUT2D eigenvalue weighted by Gasteiger charge is -2.34. The number of carbonyl (C=O) groups is 2. The van der Waals surface area contributed by atoms with Crippen LogP contribution in [0.15, 0.2) is 36.7 Å². The van der Waals surface area contributed by atoms with Crippen molar-refractivity contribution in [2.24, 2.45) is 0 Å². The summed E-state index contributed by atoms with van der Waals surface area (Å²) in [4.78, 5) is 37.0. The Balaban J connectivity index is 1.32. The standard InChI is InChI=1S/C19H22Cl2N6O2/c20-15-3-2-14(12-16(15)21)18(29)25-13-17(28)22-6-7-26-8-10-27(11-9-26)19-23-4-1-5-24-19/h1-5,12H,6-11,13H2,(H,22,28)(H,25,29). The summed E-state index contributed by atoms with van der Waals surface area (Å²) in [5.41, 5.74) is 0.354. The summed E-state index contributed by atoms with van der Waals surface area (Å²) in [6.45, 7) is 4.61. The number of rotatable bonds is 7. The molecule has 29 heavy (non-hydrogen) atoms. The highest BCUT2D eigenvalue weighted by molar-refractivity contribution is 6.42. The largest absolute Gasteiger partial charge is 0.353 e. The zero-order valence-corrected chi connectivity index (χ0v) is 17.3. The molecule has 1 aromatic heterocycles. The van der Waals surface area contributed by atoms with Crippen molar-refractivity contribution in [3.8, 4) is 0 Å². The summed E-state index contributed by atoms with van der Waals surface area (Å²) in [6, 6.07) is 6.37. The molecule has 1 aliphatic rings. The molecule has 1 fully saturated rings. The highest BCUT2D eigenvalue weighted by Gasteiger charge is 2.18.